The molecule has 0 aliphatic heterocycles. The van der Waals surface area contributed by atoms with E-state index >= 15 is 0 Å². The van der Waals surface area contributed by atoms with Gasteiger partial charge in [0.1, 0.15) is 5.92 Å². The average molecular weight is 245 g/mol. The van der Waals surface area contributed by atoms with Crippen LogP contribution in [0.3, 0.4) is 0 Å². The Labute approximate surface area is 103 Å². The van der Waals surface area contributed by atoms with Crippen LogP contribution in [-0.4, -0.2) is 36.2 Å². The van der Waals surface area contributed by atoms with E-state index in [9.17, 15) is 9.59 Å². The summed E-state index contributed by atoms with van der Waals surface area (Å²) in [5, 5.41) is 11.7. The third kappa shape index (κ3) is 5.68. The van der Waals surface area contributed by atoms with Crippen molar-refractivity contribution in [1.29, 1.82) is 0 Å². The molecule has 0 aromatic rings. The van der Waals surface area contributed by atoms with Crippen LogP contribution in [0.4, 0.5) is 0 Å². The van der Waals surface area contributed by atoms with Gasteiger partial charge in [-0.05, 0) is 19.3 Å². The first kappa shape index (κ1) is 15.9. The summed E-state index contributed by atoms with van der Waals surface area (Å²) in [5.41, 5.74) is -0.606. The molecule has 0 spiro atoms. The van der Waals surface area contributed by atoms with Crippen molar-refractivity contribution in [3.63, 3.8) is 0 Å². The molecule has 17 heavy (non-hydrogen) atoms. The first-order chi connectivity index (χ1) is 7.70. The van der Waals surface area contributed by atoms with E-state index in [0.717, 1.165) is 0 Å². The van der Waals surface area contributed by atoms with Gasteiger partial charge in [-0.1, -0.05) is 20.8 Å². The van der Waals surface area contributed by atoms with E-state index in [1.54, 1.807) is 20.8 Å². The van der Waals surface area contributed by atoms with E-state index in [2.05, 4.69) is 5.32 Å². The fraction of sp³-hybridized carbons (Fsp3) is 0.833. The molecular weight excluding hydrogens is 222 g/mol. The largest absolute Gasteiger partial charge is 0.481 e. The fourth-order valence-electron chi connectivity index (χ4n) is 1.57. The molecule has 0 saturated carbocycles. The highest BCUT2D eigenvalue weighted by atomic mass is 16.5. The van der Waals surface area contributed by atoms with Crippen LogP contribution >= 0.6 is 0 Å². The van der Waals surface area contributed by atoms with Crippen molar-refractivity contribution in [3.05, 3.63) is 0 Å². The Morgan fingerprint density at radius 1 is 1.35 bits per heavy atom. The van der Waals surface area contributed by atoms with E-state index in [4.69, 9.17) is 9.84 Å². The summed E-state index contributed by atoms with van der Waals surface area (Å²) in [6.45, 7) is 9.79. The zero-order valence-corrected chi connectivity index (χ0v) is 11.2. The molecule has 0 aliphatic carbocycles. The summed E-state index contributed by atoms with van der Waals surface area (Å²) in [4.78, 5) is 22.9. The summed E-state index contributed by atoms with van der Waals surface area (Å²) < 4.78 is 5.26. The van der Waals surface area contributed by atoms with Gasteiger partial charge < -0.3 is 15.2 Å². The van der Waals surface area contributed by atoms with Crippen molar-refractivity contribution in [1.82, 2.24) is 5.32 Å². The van der Waals surface area contributed by atoms with Crippen LogP contribution < -0.4 is 5.32 Å². The van der Waals surface area contributed by atoms with Crippen LogP contribution in [0, 0.1) is 11.3 Å². The number of ether oxygens (including phenoxy) is 1. The quantitative estimate of drug-likeness (QED) is 0.691. The van der Waals surface area contributed by atoms with Gasteiger partial charge in [-0.25, -0.2) is 0 Å². The van der Waals surface area contributed by atoms with Gasteiger partial charge in [0.15, 0.2) is 0 Å². The second kappa shape index (κ2) is 6.59. The molecule has 0 fully saturated rings. The number of carboxylic acid groups (broad SMARTS) is 1. The van der Waals surface area contributed by atoms with Crippen LogP contribution in [0.1, 0.15) is 34.6 Å². The standard InChI is InChI=1S/C12H23NO4/c1-6-17-8(2)7-13-10(14)9(11(15)16)12(3,4)5/h8-9H,6-7H2,1-5H3,(H,13,14)(H,15,16). The zero-order valence-electron chi connectivity index (χ0n) is 11.2. The Kier molecular flexibility index (Phi) is 6.16. The topological polar surface area (TPSA) is 75.6 Å². The van der Waals surface area contributed by atoms with Crippen molar-refractivity contribution in [3.8, 4) is 0 Å². The van der Waals surface area contributed by atoms with Gasteiger partial charge in [0, 0.05) is 13.2 Å². The lowest BCUT2D eigenvalue weighted by Crippen LogP contribution is -2.44. The van der Waals surface area contributed by atoms with Crippen LogP contribution in [-0.2, 0) is 14.3 Å². The molecular formula is C12H23NO4. The second-order valence-electron chi connectivity index (χ2n) is 5.15. The van der Waals surface area contributed by atoms with Crippen molar-refractivity contribution in [2.45, 2.75) is 40.7 Å². The highest BCUT2D eigenvalue weighted by Gasteiger charge is 2.37. The number of carboxylic acids is 1. The molecule has 2 atom stereocenters. The lowest BCUT2D eigenvalue weighted by Gasteiger charge is -2.26. The van der Waals surface area contributed by atoms with Crippen molar-refractivity contribution in [2.24, 2.45) is 11.3 Å². The van der Waals surface area contributed by atoms with E-state index in [0.29, 0.717) is 13.2 Å². The molecule has 0 saturated heterocycles. The molecule has 0 radical (unpaired) electrons. The zero-order chi connectivity index (χ0) is 13.6. The maximum absolute atomic E-state index is 11.8. The highest BCUT2D eigenvalue weighted by Crippen LogP contribution is 2.26. The average Bonchev–Trinajstić information content (AvgIpc) is 2.12. The van der Waals surface area contributed by atoms with Gasteiger partial charge in [-0.15, -0.1) is 0 Å². The monoisotopic (exact) mass is 245 g/mol. The minimum atomic E-state index is -1.10. The van der Waals surface area contributed by atoms with E-state index in [1.165, 1.54) is 0 Å². The van der Waals surface area contributed by atoms with Crippen molar-refractivity contribution >= 4 is 11.9 Å². The number of nitrogens with one attached hydrogen (secondary N) is 1. The number of aliphatic carboxylic acids is 1. The van der Waals surface area contributed by atoms with E-state index in [1.807, 2.05) is 13.8 Å². The van der Waals surface area contributed by atoms with Crippen molar-refractivity contribution < 1.29 is 19.4 Å². The van der Waals surface area contributed by atoms with Crippen LogP contribution in [0.25, 0.3) is 0 Å². The first-order valence-corrected chi connectivity index (χ1v) is 5.82. The van der Waals surface area contributed by atoms with Gasteiger partial charge in [0.05, 0.1) is 6.10 Å². The summed E-state index contributed by atoms with van der Waals surface area (Å²) in [7, 11) is 0. The van der Waals surface area contributed by atoms with Gasteiger partial charge >= 0.3 is 5.97 Å². The van der Waals surface area contributed by atoms with Crippen molar-refractivity contribution in [2.75, 3.05) is 13.2 Å². The highest BCUT2D eigenvalue weighted by molar-refractivity contribution is 5.97. The van der Waals surface area contributed by atoms with Gasteiger partial charge in [-0.2, -0.15) is 0 Å². The maximum atomic E-state index is 11.8. The van der Waals surface area contributed by atoms with Gasteiger partial charge in [0.25, 0.3) is 0 Å². The number of rotatable bonds is 6. The number of amides is 1. The molecule has 5 nitrogen and oxygen atoms in total. The summed E-state index contributed by atoms with van der Waals surface area (Å²) in [6, 6.07) is 0. The normalized spacial score (nSPS) is 15.1. The fourth-order valence-corrected chi connectivity index (χ4v) is 1.57. The summed E-state index contributed by atoms with van der Waals surface area (Å²) in [5.74, 6) is -2.60. The Morgan fingerprint density at radius 2 is 1.88 bits per heavy atom. The van der Waals surface area contributed by atoms with E-state index < -0.39 is 23.2 Å². The lowest BCUT2D eigenvalue weighted by molar-refractivity contribution is -0.151. The minimum Gasteiger partial charge on any atom is -0.481 e. The minimum absolute atomic E-state index is 0.113. The Hall–Kier alpha value is -1.10. The molecule has 100 valence electrons. The summed E-state index contributed by atoms with van der Waals surface area (Å²) >= 11 is 0. The Morgan fingerprint density at radius 3 is 2.24 bits per heavy atom. The van der Waals surface area contributed by atoms with Crippen LogP contribution in [0.15, 0.2) is 0 Å². The van der Waals surface area contributed by atoms with Crippen LogP contribution in [0.5, 0.6) is 0 Å². The molecule has 5 heteroatoms. The molecule has 0 heterocycles. The Bertz CT molecular complexity index is 270. The number of carbonyl (C=O) groups is 2. The SMILES string of the molecule is CCOC(C)CNC(=O)C(C(=O)O)C(C)(C)C. The van der Waals surface area contributed by atoms with Gasteiger partial charge in [0.2, 0.25) is 5.91 Å². The molecule has 0 aromatic carbocycles. The predicted octanol–water partition coefficient (Wildman–Crippen LogP) is 1.27. The molecule has 0 bridgehead atoms. The molecule has 0 aliphatic rings. The third-order valence-corrected chi connectivity index (χ3v) is 2.39. The number of hydrogen-bond acceptors (Lipinski definition) is 3. The second-order valence-corrected chi connectivity index (χ2v) is 5.15. The van der Waals surface area contributed by atoms with Crippen LogP contribution in [0.2, 0.25) is 0 Å². The Balaban J connectivity index is 4.41. The number of hydrogen-bond donors (Lipinski definition) is 2. The molecule has 0 rings (SSSR count). The lowest BCUT2D eigenvalue weighted by atomic mass is 9.80. The predicted molar refractivity (Wildman–Crippen MR) is 64.7 cm³/mol. The van der Waals surface area contributed by atoms with Gasteiger partial charge in [-0.3, -0.25) is 9.59 Å². The van der Waals surface area contributed by atoms with E-state index in [-0.39, 0.29) is 6.10 Å². The molecule has 2 N–H and O–H groups in total. The molecule has 2 unspecified atom stereocenters. The molecule has 1 amide bonds. The number of carbonyl (C=O) groups excluding carboxylic acids is 1. The maximum Gasteiger partial charge on any atom is 0.316 e. The first-order valence-electron chi connectivity index (χ1n) is 5.82. The smallest absolute Gasteiger partial charge is 0.316 e. The summed E-state index contributed by atoms with van der Waals surface area (Å²) in [6.07, 6.45) is -0.113. The third-order valence-electron chi connectivity index (χ3n) is 2.39. The molecule has 0 aromatic heterocycles.